The van der Waals surface area contributed by atoms with Crippen LogP contribution in [0.3, 0.4) is 0 Å². The number of nitrogens with zero attached hydrogens (tertiary/aromatic N) is 2. The number of hydrogen-bond acceptors (Lipinski definition) is 6. The number of ether oxygens (including phenoxy) is 2. The first-order valence-corrected chi connectivity index (χ1v) is 16.8. The number of piperidine rings is 1. The number of phenolic OH excluding ortho intramolecular Hbond substituents is 1. The summed E-state index contributed by atoms with van der Waals surface area (Å²) in [7, 11) is 0. The van der Waals surface area contributed by atoms with Gasteiger partial charge in [0.1, 0.15) is 11.9 Å². The molecule has 0 aromatic heterocycles. The molecule has 2 aliphatic carbocycles. The van der Waals surface area contributed by atoms with Gasteiger partial charge >= 0.3 is 6.36 Å². The van der Waals surface area contributed by atoms with Crippen LogP contribution < -0.4 is 9.47 Å². The number of alkyl halides is 3. The number of aliphatic hydroxyl groups is 1. The molecular weight excluding hydrogens is 621 g/mol. The van der Waals surface area contributed by atoms with E-state index < -0.39 is 29.5 Å². The van der Waals surface area contributed by atoms with Crippen LogP contribution >= 0.6 is 0 Å². The molecule has 2 heterocycles. The van der Waals surface area contributed by atoms with Crippen LogP contribution in [0.25, 0.3) is 6.08 Å². The third-order valence-electron chi connectivity index (χ3n) is 10.8. The minimum atomic E-state index is -4.82. The first-order chi connectivity index (χ1) is 22.9. The Hall–Kier alpha value is -4.02. The van der Waals surface area contributed by atoms with Gasteiger partial charge in [0.15, 0.2) is 11.5 Å². The average molecular weight is 663 g/mol. The molecule has 254 valence electrons. The second-order valence-electron chi connectivity index (χ2n) is 14.1. The number of likely N-dealkylation sites (tertiary alicyclic amines) is 1. The Morgan fingerprint density at radius 1 is 1.12 bits per heavy atom. The van der Waals surface area contributed by atoms with Crippen LogP contribution in [-0.4, -0.2) is 75.7 Å². The van der Waals surface area contributed by atoms with Gasteiger partial charge < -0.3 is 24.6 Å². The van der Waals surface area contributed by atoms with E-state index in [-0.39, 0.29) is 29.4 Å². The van der Waals surface area contributed by atoms with E-state index in [2.05, 4.69) is 21.8 Å². The van der Waals surface area contributed by atoms with Crippen molar-refractivity contribution in [3.8, 4) is 17.2 Å². The monoisotopic (exact) mass is 662 g/mol. The lowest BCUT2D eigenvalue weighted by molar-refractivity contribution is -0.274. The number of phenols is 1. The number of hydrogen-bond donors (Lipinski definition) is 2. The quantitative estimate of drug-likeness (QED) is 0.264. The highest BCUT2D eigenvalue weighted by molar-refractivity contribution is 5.92. The summed E-state index contributed by atoms with van der Waals surface area (Å²) in [6, 6.07) is 18.9. The minimum absolute atomic E-state index is 0.0335. The van der Waals surface area contributed by atoms with Crippen LogP contribution in [-0.2, 0) is 23.1 Å². The molecule has 10 heteroatoms. The molecule has 2 bridgehead atoms. The summed E-state index contributed by atoms with van der Waals surface area (Å²) in [6.45, 7) is 6.02. The molecule has 5 atom stereocenters. The Balaban J connectivity index is 1.21. The van der Waals surface area contributed by atoms with E-state index in [1.807, 2.05) is 38.1 Å². The van der Waals surface area contributed by atoms with Crippen molar-refractivity contribution in [1.82, 2.24) is 9.80 Å². The Kier molecular flexibility index (Phi) is 8.23. The van der Waals surface area contributed by atoms with Crippen LogP contribution in [0.5, 0.6) is 17.2 Å². The summed E-state index contributed by atoms with van der Waals surface area (Å²) >= 11 is 0. The van der Waals surface area contributed by atoms with Gasteiger partial charge in [0.05, 0.1) is 17.1 Å². The lowest BCUT2D eigenvalue weighted by Crippen LogP contribution is -2.78. The smallest absolute Gasteiger partial charge is 0.504 e. The summed E-state index contributed by atoms with van der Waals surface area (Å²) < 4.78 is 49.2. The predicted octanol–water partition coefficient (Wildman–Crippen LogP) is 6.25. The van der Waals surface area contributed by atoms with Crippen molar-refractivity contribution in [2.45, 2.75) is 81.5 Å². The first-order valence-electron chi connectivity index (χ1n) is 16.8. The van der Waals surface area contributed by atoms with Crippen molar-refractivity contribution >= 4 is 12.0 Å². The van der Waals surface area contributed by atoms with Gasteiger partial charge in [-0.1, -0.05) is 62.4 Å². The second-order valence-corrected chi connectivity index (χ2v) is 14.1. The van der Waals surface area contributed by atoms with E-state index in [0.29, 0.717) is 43.5 Å². The standard InChI is InChI=1S/C38H41F3N2O5/c1-24(2)23-43(32(45)14-11-26-9-6-10-28(21-26)48-38(39,40)41)29-15-17-37(46)31-22-27-12-13-30(44)34-33(27)36(37,35(29)47-34)18-20-42(31)19-16-25-7-4-3-5-8-25/h3-14,21,24,29,31,35,44,46H,15-20,22-23H2,1-2H3/t29?,31-,35?,36+,37-/m1/s1. The molecule has 3 aromatic carbocycles. The van der Waals surface area contributed by atoms with Crippen molar-refractivity contribution in [1.29, 1.82) is 0 Å². The van der Waals surface area contributed by atoms with E-state index in [1.54, 1.807) is 17.0 Å². The molecule has 1 saturated carbocycles. The Morgan fingerprint density at radius 3 is 2.67 bits per heavy atom. The van der Waals surface area contributed by atoms with Gasteiger partial charge in [-0.25, -0.2) is 0 Å². The fourth-order valence-electron chi connectivity index (χ4n) is 8.97. The molecule has 2 N–H and O–H groups in total. The molecule has 7 rings (SSSR count). The molecule has 3 aromatic rings. The molecule has 2 fully saturated rings. The number of halogens is 3. The van der Waals surface area contributed by atoms with Gasteiger partial charge in [0, 0.05) is 30.8 Å². The van der Waals surface area contributed by atoms with Crippen molar-refractivity contribution in [3.63, 3.8) is 0 Å². The zero-order valence-corrected chi connectivity index (χ0v) is 27.1. The molecule has 2 aliphatic heterocycles. The second kappa shape index (κ2) is 12.1. The molecule has 4 aliphatic rings. The van der Waals surface area contributed by atoms with Crippen LogP contribution in [0.1, 0.15) is 55.4 Å². The maximum Gasteiger partial charge on any atom is 0.573 e. The van der Waals surface area contributed by atoms with Gasteiger partial charge in [-0.05, 0) is 85.5 Å². The Bertz CT molecular complexity index is 1710. The number of amides is 1. The Labute approximate surface area is 278 Å². The van der Waals surface area contributed by atoms with E-state index in [0.717, 1.165) is 30.6 Å². The molecule has 2 unspecified atom stereocenters. The topological polar surface area (TPSA) is 82.5 Å². The van der Waals surface area contributed by atoms with Crippen LogP contribution in [0.15, 0.2) is 72.8 Å². The summed E-state index contributed by atoms with van der Waals surface area (Å²) in [5, 5.41) is 24.0. The number of aromatic hydroxyl groups is 1. The van der Waals surface area contributed by atoms with Crippen molar-refractivity contribution < 1.29 is 37.7 Å². The third-order valence-corrected chi connectivity index (χ3v) is 10.8. The summed E-state index contributed by atoms with van der Waals surface area (Å²) in [5.74, 6) is -0.110. The number of carbonyl (C=O) groups is 1. The van der Waals surface area contributed by atoms with Crippen molar-refractivity contribution in [2.24, 2.45) is 5.92 Å². The lowest BCUT2D eigenvalue weighted by atomic mass is 9.48. The first kappa shape index (κ1) is 32.5. The molecule has 1 spiro atoms. The van der Waals surface area contributed by atoms with Gasteiger partial charge in [-0.3, -0.25) is 9.69 Å². The van der Waals surface area contributed by atoms with Crippen LogP contribution in [0.2, 0.25) is 0 Å². The van der Waals surface area contributed by atoms with Gasteiger partial charge in [-0.2, -0.15) is 0 Å². The van der Waals surface area contributed by atoms with Gasteiger partial charge in [0.2, 0.25) is 5.91 Å². The Morgan fingerprint density at radius 2 is 1.92 bits per heavy atom. The number of carbonyl (C=O) groups excluding carboxylic acids is 1. The molecule has 7 nitrogen and oxygen atoms in total. The van der Waals surface area contributed by atoms with E-state index >= 15 is 0 Å². The molecule has 1 amide bonds. The third kappa shape index (κ3) is 5.52. The lowest BCUT2D eigenvalue weighted by Gasteiger charge is -2.65. The molecule has 0 radical (unpaired) electrons. The van der Waals surface area contributed by atoms with Gasteiger partial charge in [-0.15, -0.1) is 13.2 Å². The van der Waals surface area contributed by atoms with Crippen LogP contribution in [0, 0.1) is 5.92 Å². The highest BCUT2D eigenvalue weighted by Gasteiger charge is 2.73. The average Bonchev–Trinajstić information content (AvgIpc) is 3.39. The molecule has 48 heavy (non-hydrogen) atoms. The summed E-state index contributed by atoms with van der Waals surface area (Å²) in [5.41, 5.74) is 1.64. The maximum atomic E-state index is 14.0. The minimum Gasteiger partial charge on any atom is -0.504 e. The molecule has 1 saturated heterocycles. The van der Waals surface area contributed by atoms with Crippen molar-refractivity contribution in [3.05, 3.63) is 95.1 Å². The maximum absolute atomic E-state index is 14.0. The summed E-state index contributed by atoms with van der Waals surface area (Å²) in [6.07, 6.45) is 0.550. The van der Waals surface area contributed by atoms with Crippen LogP contribution in [0.4, 0.5) is 13.2 Å². The predicted molar refractivity (Wildman–Crippen MR) is 175 cm³/mol. The molecular formula is C38H41F3N2O5. The zero-order valence-electron chi connectivity index (χ0n) is 27.1. The normalized spacial score (nSPS) is 27.5. The summed E-state index contributed by atoms with van der Waals surface area (Å²) in [4.78, 5) is 18.2. The highest BCUT2D eigenvalue weighted by atomic mass is 19.4. The number of benzene rings is 3. The van der Waals surface area contributed by atoms with Gasteiger partial charge in [0.25, 0.3) is 0 Å². The van der Waals surface area contributed by atoms with E-state index in [9.17, 15) is 28.2 Å². The van der Waals surface area contributed by atoms with Crippen molar-refractivity contribution in [2.75, 3.05) is 19.6 Å². The largest absolute Gasteiger partial charge is 0.573 e. The SMILES string of the molecule is CC(C)CN(C(=O)C=Cc1cccc(OC(F)(F)F)c1)C1CC[C@@]2(O)[C@H]3Cc4ccc(O)c5c4[C@@]2(CCN3CCc2ccccc2)C1O5. The highest BCUT2D eigenvalue weighted by Crippen LogP contribution is 2.66. The van der Waals surface area contributed by atoms with E-state index in [1.165, 1.54) is 35.9 Å². The van der Waals surface area contributed by atoms with E-state index in [4.69, 9.17) is 4.74 Å². The number of rotatable bonds is 9. The fourth-order valence-corrected chi connectivity index (χ4v) is 8.97. The fraction of sp³-hybridized carbons (Fsp3) is 0.447. The zero-order chi connectivity index (χ0) is 33.8.